The number of rotatable bonds is 3. The molecule has 2 heterocycles. The first-order chi connectivity index (χ1) is 11.2. The summed E-state index contributed by atoms with van der Waals surface area (Å²) in [6.07, 6.45) is 8.83. The van der Waals surface area contributed by atoms with Gasteiger partial charge >= 0.3 is 6.03 Å². The van der Waals surface area contributed by atoms with Gasteiger partial charge in [0.15, 0.2) is 5.13 Å². The summed E-state index contributed by atoms with van der Waals surface area (Å²) < 4.78 is 0. The summed E-state index contributed by atoms with van der Waals surface area (Å²) in [4.78, 5) is 22.4. The predicted octanol–water partition coefficient (Wildman–Crippen LogP) is 4.08. The van der Waals surface area contributed by atoms with E-state index in [4.69, 9.17) is 0 Å². The van der Waals surface area contributed by atoms with Crippen LogP contribution in [0.1, 0.15) is 54.9 Å². The number of amides is 2. The van der Waals surface area contributed by atoms with Gasteiger partial charge in [-0.3, -0.25) is 10.3 Å². The van der Waals surface area contributed by atoms with E-state index in [0.717, 1.165) is 18.5 Å². The minimum atomic E-state index is -0.232. The topological polar surface area (TPSA) is 66.9 Å². The van der Waals surface area contributed by atoms with Crippen LogP contribution >= 0.6 is 11.3 Å². The molecule has 2 amide bonds. The largest absolute Gasteiger partial charge is 0.330 e. The van der Waals surface area contributed by atoms with Crippen LogP contribution in [0.2, 0.25) is 0 Å². The van der Waals surface area contributed by atoms with Crippen LogP contribution in [0.4, 0.5) is 9.93 Å². The fourth-order valence-electron chi connectivity index (χ4n) is 2.79. The molecule has 2 aromatic rings. The predicted molar refractivity (Wildman–Crippen MR) is 92.8 cm³/mol. The Labute approximate surface area is 140 Å². The zero-order valence-corrected chi connectivity index (χ0v) is 14.2. The van der Waals surface area contributed by atoms with Crippen molar-refractivity contribution in [2.45, 2.75) is 51.5 Å². The Balaban J connectivity index is 1.60. The summed E-state index contributed by atoms with van der Waals surface area (Å²) in [5, 5.41) is 6.47. The van der Waals surface area contributed by atoms with Gasteiger partial charge in [-0.25, -0.2) is 9.78 Å². The van der Waals surface area contributed by atoms with Gasteiger partial charge in [0.25, 0.3) is 0 Å². The van der Waals surface area contributed by atoms with Crippen LogP contribution in [0.5, 0.6) is 0 Å². The number of fused-ring (bicyclic) bond motifs is 1. The fourth-order valence-corrected chi connectivity index (χ4v) is 3.84. The van der Waals surface area contributed by atoms with Crippen LogP contribution < -0.4 is 10.6 Å². The molecule has 1 aliphatic rings. The number of pyridine rings is 1. The number of aryl methyl sites for hydroxylation is 2. The Kier molecular flexibility index (Phi) is 5.23. The van der Waals surface area contributed by atoms with Crippen LogP contribution in [0.15, 0.2) is 24.4 Å². The molecule has 0 bridgehead atoms. The zero-order chi connectivity index (χ0) is 16.1. The highest BCUT2D eigenvalue weighted by Crippen LogP contribution is 2.28. The molecule has 3 rings (SSSR count). The monoisotopic (exact) mass is 330 g/mol. The molecular formula is C17H22N4OS. The molecule has 2 N–H and O–H groups in total. The van der Waals surface area contributed by atoms with Crippen LogP contribution in [-0.4, -0.2) is 16.0 Å². The van der Waals surface area contributed by atoms with Gasteiger partial charge in [0.2, 0.25) is 0 Å². The number of carbonyl (C=O) groups excluding carboxylic acids is 1. The molecule has 2 aromatic heterocycles. The van der Waals surface area contributed by atoms with Crippen LogP contribution in [-0.2, 0) is 12.8 Å². The van der Waals surface area contributed by atoms with Crippen molar-refractivity contribution in [3.05, 3.63) is 40.7 Å². The lowest BCUT2D eigenvalue weighted by atomic mass is 10.0. The maximum Gasteiger partial charge on any atom is 0.321 e. The van der Waals surface area contributed by atoms with E-state index in [9.17, 15) is 4.79 Å². The number of carbonyl (C=O) groups is 1. The summed E-state index contributed by atoms with van der Waals surface area (Å²) in [5.74, 6) is 0. The lowest BCUT2D eigenvalue weighted by Gasteiger charge is -2.12. The number of anilines is 1. The quantitative estimate of drug-likeness (QED) is 0.891. The molecule has 0 aromatic carbocycles. The fraction of sp³-hybridized carbons (Fsp3) is 0.471. The van der Waals surface area contributed by atoms with Crippen molar-refractivity contribution in [3.8, 4) is 0 Å². The molecule has 6 heteroatoms. The molecule has 0 saturated carbocycles. The molecule has 1 unspecified atom stereocenters. The van der Waals surface area contributed by atoms with Gasteiger partial charge in [-0.05, 0) is 44.7 Å². The van der Waals surface area contributed by atoms with Gasteiger partial charge in [0.05, 0.1) is 17.4 Å². The van der Waals surface area contributed by atoms with E-state index in [2.05, 4.69) is 20.6 Å². The van der Waals surface area contributed by atoms with Crippen molar-refractivity contribution in [2.24, 2.45) is 0 Å². The molecule has 0 radical (unpaired) electrons. The highest BCUT2D eigenvalue weighted by atomic mass is 32.1. The van der Waals surface area contributed by atoms with Gasteiger partial charge < -0.3 is 5.32 Å². The Hall–Kier alpha value is -1.95. The third-order valence-corrected chi connectivity index (χ3v) is 5.12. The van der Waals surface area contributed by atoms with Crippen molar-refractivity contribution >= 4 is 22.5 Å². The summed E-state index contributed by atoms with van der Waals surface area (Å²) in [6.45, 7) is 1.92. The number of nitrogens with one attached hydrogen (secondary N) is 2. The van der Waals surface area contributed by atoms with Gasteiger partial charge in [0.1, 0.15) is 0 Å². The summed E-state index contributed by atoms with van der Waals surface area (Å²) in [6, 6.07) is 5.31. The normalized spacial score (nSPS) is 15.9. The molecule has 0 saturated heterocycles. The van der Waals surface area contributed by atoms with Crippen molar-refractivity contribution in [3.63, 3.8) is 0 Å². The SMILES string of the molecule is CC(NC(=O)Nc1nc2c(s1)CCCCCC2)c1ccccn1. The Bertz CT molecular complexity index is 630. The molecule has 23 heavy (non-hydrogen) atoms. The Morgan fingerprint density at radius 1 is 1.22 bits per heavy atom. The van der Waals surface area contributed by atoms with Gasteiger partial charge in [0, 0.05) is 11.1 Å². The maximum absolute atomic E-state index is 12.2. The van der Waals surface area contributed by atoms with Crippen molar-refractivity contribution in [1.29, 1.82) is 0 Å². The average molecular weight is 330 g/mol. The first-order valence-electron chi connectivity index (χ1n) is 8.19. The maximum atomic E-state index is 12.2. The molecule has 1 aliphatic carbocycles. The third kappa shape index (κ3) is 4.28. The second-order valence-corrected chi connectivity index (χ2v) is 6.96. The molecular weight excluding hydrogens is 308 g/mol. The first-order valence-corrected chi connectivity index (χ1v) is 9.01. The minimum Gasteiger partial charge on any atom is -0.330 e. The van der Waals surface area contributed by atoms with Crippen molar-refractivity contribution in [1.82, 2.24) is 15.3 Å². The van der Waals surface area contributed by atoms with E-state index in [1.54, 1.807) is 17.5 Å². The molecule has 0 fully saturated rings. The smallest absolute Gasteiger partial charge is 0.321 e. The van der Waals surface area contributed by atoms with Crippen LogP contribution in [0, 0.1) is 0 Å². The standard InChI is InChI=1S/C17H22N4OS/c1-12(13-8-6-7-11-18-13)19-16(22)21-17-20-14-9-4-2-3-5-10-15(14)23-17/h6-8,11-12H,2-5,9-10H2,1H3,(H2,19,20,21,22). The number of thiazole rings is 1. The van der Waals surface area contributed by atoms with Gasteiger partial charge in [-0.15, -0.1) is 11.3 Å². The molecule has 0 aliphatic heterocycles. The summed E-state index contributed by atoms with van der Waals surface area (Å²) in [5.41, 5.74) is 2.01. The van der Waals surface area contributed by atoms with E-state index >= 15 is 0 Å². The lowest BCUT2D eigenvalue weighted by Crippen LogP contribution is -2.31. The number of hydrogen-bond donors (Lipinski definition) is 2. The average Bonchev–Trinajstić information content (AvgIpc) is 2.89. The molecule has 0 spiro atoms. The zero-order valence-electron chi connectivity index (χ0n) is 13.3. The second kappa shape index (κ2) is 7.55. The highest BCUT2D eigenvalue weighted by molar-refractivity contribution is 7.15. The van der Waals surface area contributed by atoms with Gasteiger partial charge in [-0.1, -0.05) is 18.9 Å². The lowest BCUT2D eigenvalue weighted by molar-refractivity contribution is 0.249. The third-order valence-electron chi connectivity index (χ3n) is 4.05. The summed E-state index contributed by atoms with van der Waals surface area (Å²) >= 11 is 1.61. The van der Waals surface area contributed by atoms with E-state index in [-0.39, 0.29) is 12.1 Å². The molecule has 122 valence electrons. The van der Waals surface area contributed by atoms with E-state index < -0.39 is 0 Å². The molecule has 1 atom stereocenters. The number of urea groups is 1. The van der Waals surface area contributed by atoms with Crippen molar-refractivity contribution in [2.75, 3.05) is 5.32 Å². The van der Waals surface area contributed by atoms with Crippen LogP contribution in [0.25, 0.3) is 0 Å². The van der Waals surface area contributed by atoms with Gasteiger partial charge in [-0.2, -0.15) is 0 Å². The number of hydrogen-bond acceptors (Lipinski definition) is 4. The van der Waals surface area contributed by atoms with Crippen LogP contribution in [0.3, 0.4) is 0 Å². The molecule has 5 nitrogen and oxygen atoms in total. The highest BCUT2D eigenvalue weighted by Gasteiger charge is 2.16. The Morgan fingerprint density at radius 3 is 2.83 bits per heavy atom. The Morgan fingerprint density at radius 2 is 2.04 bits per heavy atom. The van der Waals surface area contributed by atoms with Crippen molar-refractivity contribution < 1.29 is 4.79 Å². The van der Waals surface area contributed by atoms with E-state index in [0.29, 0.717) is 5.13 Å². The van der Waals surface area contributed by atoms with E-state index in [1.807, 2.05) is 25.1 Å². The minimum absolute atomic E-state index is 0.141. The number of aromatic nitrogens is 2. The second-order valence-electron chi connectivity index (χ2n) is 5.88. The summed E-state index contributed by atoms with van der Waals surface area (Å²) in [7, 11) is 0. The number of nitrogens with zero attached hydrogens (tertiary/aromatic N) is 2. The van der Waals surface area contributed by atoms with E-state index in [1.165, 1.54) is 36.3 Å². The first kappa shape index (κ1) is 15.9.